The molecule has 3 aromatic rings. The summed E-state index contributed by atoms with van der Waals surface area (Å²) in [5.41, 5.74) is 2.69. The molecule has 0 spiro atoms. The number of pyridine rings is 1. The molecular weight excluding hydrogens is 464 g/mol. The Bertz CT molecular complexity index is 1210. The first-order valence-corrected chi connectivity index (χ1v) is 12.9. The minimum atomic E-state index is -2.69. The summed E-state index contributed by atoms with van der Waals surface area (Å²) < 4.78 is 33.5. The van der Waals surface area contributed by atoms with Crippen LogP contribution in [0.3, 0.4) is 0 Å². The van der Waals surface area contributed by atoms with E-state index in [1.54, 1.807) is 6.07 Å². The Balaban J connectivity index is 1.24. The van der Waals surface area contributed by atoms with Gasteiger partial charge in [0.1, 0.15) is 12.4 Å². The first-order chi connectivity index (χ1) is 17.4. The van der Waals surface area contributed by atoms with E-state index >= 15 is 0 Å². The molecule has 1 saturated heterocycles. The Morgan fingerprint density at radius 2 is 1.83 bits per heavy atom. The molecule has 2 unspecified atom stereocenters. The number of alkyl carbamates (subject to hydrolysis) is 1. The summed E-state index contributed by atoms with van der Waals surface area (Å²) in [6.07, 6.45) is 3.72. The molecule has 3 aliphatic rings. The predicted molar refractivity (Wildman–Crippen MR) is 130 cm³/mol. The van der Waals surface area contributed by atoms with Gasteiger partial charge >= 0.3 is 6.09 Å². The predicted octanol–water partition coefficient (Wildman–Crippen LogP) is 5.42. The molecule has 190 valence electrons. The van der Waals surface area contributed by atoms with E-state index in [0.717, 1.165) is 36.8 Å². The second-order valence-electron chi connectivity index (χ2n) is 10.5. The Hall–Kier alpha value is -3.07. The summed E-state index contributed by atoms with van der Waals surface area (Å²) in [7, 11) is 0. The molecule has 3 N–H and O–H groups in total. The Morgan fingerprint density at radius 3 is 2.53 bits per heavy atom. The molecule has 3 fully saturated rings. The van der Waals surface area contributed by atoms with Crippen molar-refractivity contribution in [2.75, 3.05) is 6.54 Å². The van der Waals surface area contributed by atoms with E-state index in [2.05, 4.69) is 20.6 Å². The maximum absolute atomic E-state index is 14.0. The summed E-state index contributed by atoms with van der Waals surface area (Å²) in [6.45, 7) is 0.450. The van der Waals surface area contributed by atoms with Gasteiger partial charge in [-0.15, -0.1) is 0 Å². The molecule has 6 rings (SSSR count). The van der Waals surface area contributed by atoms with Gasteiger partial charge in [0.15, 0.2) is 5.65 Å². The summed E-state index contributed by atoms with van der Waals surface area (Å²) in [5, 5.41) is 6.25. The highest BCUT2D eigenvalue weighted by Gasteiger charge is 2.47. The number of carbonyl (C=O) groups is 1. The summed E-state index contributed by atoms with van der Waals surface area (Å²) in [4.78, 5) is 25.6. The van der Waals surface area contributed by atoms with E-state index < -0.39 is 18.1 Å². The fraction of sp³-hybridized carbons (Fsp3) is 0.519. The van der Waals surface area contributed by atoms with Crippen molar-refractivity contribution in [3.05, 3.63) is 59.5 Å². The zero-order valence-electron chi connectivity index (χ0n) is 20.1. The molecule has 1 aromatic carbocycles. The van der Waals surface area contributed by atoms with Crippen molar-refractivity contribution in [2.45, 2.75) is 63.1 Å². The number of amides is 1. The lowest BCUT2D eigenvalue weighted by atomic mass is 9.89. The topological polar surface area (TPSA) is 91.9 Å². The van der Waals surface area contributed by atoms with Crippen LogP contribution < -0.4 is 10.6 Å². The molecule has 9 heteroatoms. The van der Waals surface area contributed by atoms with Gasteiger partial charge in [-0.1, -0.05) is 30.3 Å². The quantitative estimate of drug-likeness (QED) is 0.388. The largest absolute Gasteiger partial charge is 0.445 e. The second kappa shape index (κ2) is 9.42. The van der Waals surface area contributed by atoms with Crippen LogP contribution in [0.4, 0.5) is 13.6 Å². The van der Waals surface area contributed by atoms with E-state index in [9.17, 15) is 13.6 Å². The van der Waals surface area contributed by atoms with Crippen molar-refractivity contribution < 1.29 is 18.3 Å². The number of piperidine rings is 1. The zero-order chi connectivity index (χ0) is 24.7. The molecule has 2 atom stereocenters. The van der Waals surface area contributed by atoms with E-state index in [0.29, 0.717) is 29.0 Å². The molecule has 36 heavy (non-hydrogen) atoms. The molecule has 1 amide bonds. The number of benzene rings is 1. The van der Waals surface area contributed by atoms with Gasteiger partial charge in [0, 0.05) is 19.4 Å². The maximum Gasteiger partial charge on any atom is 0.408 e. The molecule has 0 radical (unpaired) electrons. The van der Waals surface area contributed by atoms with Crippen molar-refractivity contribution >= 4 is 17.3 Å². The van der Waals surface area contributed by atoms with E-state index in [4.69, 9.17) is 9.72 Å². The van der Waals surface area contributed by atoms with E-state index in [-0.39, 0.29) is 38.0 Å². The number of ether oxygens (including phenoxy) is 1. The minimum Gasteiger partial charge on any atom is -0.445 e. The second-order valence-corrected chi connectivity index (χ2v) is 10.5. The standard InChI is InChI=1S/C27H31F2N5O2/c28-27(29)12-13-30-21(14-27)19-10-11-20-24(31-19)34-25(32-20)23(22(17-6-7-17)18-8-9-18)33-26(35)36-15-16-4-2-1-3-5-16/h1-5,10-11,17-18,21-23,30H,6-9,12-15H2,(H,33,35)(H,31,32,34). The van der Waals surface area contributed by atoms with Crippen molar-refractivity contribution in [3.8, 4) is 0 Å². The number of nitrogens with zero attached hydrogens (tertiary/aromatic N) is 2. The lowest BCUT2D eigenvalue weighted by Gasteiger charge is -2.29. The molecular formula is C27H31F2N5O2. The minimum absolute atomic E-state index is 0.157. The van der Waals surface area contributed by atoms with Gasteiger partial charge in [0.2, 0.25) is 0 Å². The van der Waals surface area contributed by atoms with Gasteiger partial charge in [-0.3, -0.25) is 0 Å². The van der Waals surface area contributed by atoms with Crippen molar-refractivity contribution in [2.24, 2.45) is 17.8 Å². The Labute approximate surface area is 208 Å². The third-order valence-electron chi connectivity index (χ3n) is 7.63. The lowest BCUT2D eigenvalue weighted by Crippen LogP contribution is -2.38. The highest BCUT2D eigenvalue weighted by molar-refractivity contribution is 5.72. The third kappa shape index (κ3) is 5.21. The SMILES string of the molecule is O=C(NC(c1nc2nc(C3CC(F)(F)CCN3)ccc2[nH]1)C(C1CC1)C1CC1)OCc1ccccc1. The summed E-state index contributed by atoms with van der Waals surface area (Å²) in [6, 6.07) is 12.4. The first kappa shape index (κ1) is 23.3. The molecule has 2 saturated carbocycles. The van der Waals surface area contributed by atoms with Gasteiger partial charge in [-0.25, -0.2) is 23.5 Å². The highest BCUT2D eigenvalue weighted by Crippen LogP contribution is 2.54. The number of carbonyl (C=O) groups excluding carboxylic acids is 1. The van der Waals surface area contributed by atoms with Gasteiger partial charge in [-0.2, -0.15) is 0 Å². The average molecular weight is 496 g/mol. The smallest absolute Gasteiger partial charge is 0.408 e. The van der Waals surface area contributed by atoms with Crippen LogP contribution in [-0.4, -0.2) is 33.5 Å². The van der Waals surface area contributed by atoms with Crippen LogP contribution in [0.5, 0.6) is 0 Å². The molecule has 1 aliphatic heterocycles. The van der Waals surface area contributed by atoms with Crippen LogP contribution in [0, 0.1) is 17.8 Å². The van der Waals surface area contributed by atoms with E-state index in [1.807, 2.05) is 36.4 Å². The normalized spacial score (nSPS) is 22.5. The van der Waals surface area contributed by atoms with E-state index in [1.165, 1.54) is 0 Å². The Morgan fingerprint density at radius 1 is 1.08 bits per heavy atom. The third-order valence-corrected chi connectivity index (χ3v) is 7.63. The van der Waals surface area contributed by atoms with Crippen LogP contribution in [0.25, 0.3) is 11.2 Å². The molecule has 2 aromatic heterocycles. The number of H-pyrrole nitrogens is 1. The fourth-order valence-corrected chi connectivity index (χ4v) is 5.51. The summed E-state index contributed by atoms with van der Waals surface area (Å²) in [5.74, 6) is -0.644. The zero-order valence-corrected chi connectivity index (χ0v) is 20.1. The molecule has 2 aliphatic carbocycles. The number of nitrogens with one attached hydrogen (secondary N) is 3. The van der Waals surface area contributed by atoms with Gasteiger partial charge in [-0.05, 0) is 61.1 Å². The average Bonchev–Trinajstić information content (AvgIpc) is 3.81. The number of hydrogen-bond donors (Lipinski definition) is 3. The molecule has 0 bridgehead atoms. The number of halogens is 2. The number of hydrogen-bond acceptors (Lipinski definition) is 5. The van der Waals surface area contributed by atoms with Gasteiger partial charge in [0.25, 0.3) is 5.92 Å². The maximum atomic E-state index is 14.0. The monoisotopic (exact) mass is 495 g/mol. The number of aromatic amines is 1. The van der Waals surface area contributed by atoms with Crippen LogP contribution in [0.2, 0.25) is 0 Å². The number of fused-ring (bicyclic) bond motifs is 1. The lowest BCUT2D eigenvalue weighted by molar-refractivity contribution is -0.0420. The van der Waals surface area contributed by atoms with Crippen LogP contribution in [0.1, 0.15) is 67.7 Å². The number of imidazole rings is 1. The van der Waals surface area contributed by atoms with Gasteiger partial charge in [0.05, 0.1) is 23.3 Å². The highest BCUT2D eigenvalue weighted by atomic mass is 19.3. The molecule has 3 heterocycles. The Kier molecular flexibility index (Phi) is 6.11. The van der Waals surface area contributed by atoms with Crippen LogP contribution >= 0.6 is 0 Å². The number of rotatable bonds is 8. The fourth-order valence-electron chi connectivity index (χ4n) is 5.51. The molecule has 7 nitrogen and oxygen atoms in total. The van der Waals surface area contributed by atoms with Crippen LogP contribution in [-0.2, 0) is 11.3 Å². The van der Waals surface area contributed by atoms with Crippen LogP contribution in [0.15, 0.2) is 42.5 Å². The first-order valence-electron chi connectivity index (χ1n) is 12.9. The number of aromatic nitrogens is 3. The van der Waals surface area contributed by atoms with Crippen molar-refractivity contribution in [1.29, 1.82) is 0 Å². The van der Waals surface area contributed by atoms with Gasteiger partial charge < -0.3 is 20.4 Å². The van der Waals surface area contributed by atoms with Crippen molar-refractivity contribution in [3.63, 3.8) is 0 Å². The van der Waals surface area contributed by atoms with Crippen molar-refractivity contribution in [1.82, 2.24) is 25.6 Å². The summed E-state index contributed by atoms with van der Waals surface area (Å²) >= 11 is 0. The number of alkyl halides is 2.